The van der Waals surface area contributed by atoms with Crippen molar-refractivity contribution in [3.05, 3.63) is 43.5 Å². The number of nitrogens with zero attached hydrogens (tertiary/aromatic N) is 7. The van der Waals surface area contributed by atoms with Crippen LogP contribution in [0, 0.1) is 0 Å². The van der Waals surface area contributed by atoms with E-state index >= 15 is 0 Å². The maximum Gasteiger partial charge on any atom is 0.332 e. The Morgan fingerprint density at radius 2 is 1.83 bits per heavy atom. The van der Waals surface area contributed by atoms with Gasteiger partial charge in [-0.1, -0.05) is 22.9 Å². The molecule has 0 saturated carbocycles. The van der Waals surface area contributed by atoms with Crippen molar-refractivity contribution < 1.29 is 5.11 Å². The lowest BCUT2D eigenvalue weighted by molar-refractivity contribution is 0.421. The van der Waals surface area contributed by atoms with Gasteiger partial charge in [-0.3, -0.25) is 13.9 Å². The van der Waals surface area contributed by atoms with Crippen LogP contribution in [0.3, 0.4) is 0 Å². The van der Waals surface area contributed by atoms with Crippen LogP contribution < -0.4 is 11.2 Å². The summed E-state index contributed by atoms with van der Waals surface area (Å²) in [6, 6.07) is 5.67. The van der Waals surface area contributed by atoms with Gasteiger partial charge in [-0.2, -0.15) is 4.98 Å². The van der Waals surface area contributed by atoms with Crippen molar-refractivity contribution in [2.45, 2.75) is 19.9 Å². The van der Waals surface area contributed by atoms with Crippen molar-refractivity contribution in [3.63, 3.8) is 0 Å². The van der Waals surface area contributed by atoms with E-state index in [0.717, 1.165) is 26.4 Å². The Morgan fingerprint density at radius 3 is 2.53 bits per heavy atom. The Kier molecular flexibility index (Phi) is 4.85. The number of imidazole rings is 1. The number of benzene rings is 1. The molecule has 1 aromatic carbocycles. The van der Waals surface area contributed by atoms with E-state index in [2.05, 4.69) is 31.1 Å². The first kappa shape index (κ1) is 20.1. The zero-order chi connectivity index (χ0) is 21.7. The third-order valence-corrected chi connectivity index (χ3v) is 5.60. The number of aryl methyl sites for hydroxylation is 3. The Hall–Kier alpha value is -3.21. The number of hydrogen-bond donors (Lipinski definition) is 1. The van der Waals surface area contributed by atoms with Crippen LogP contribution in [0.5, 0.6) is 5.88 Å². The van der Waals surface area contributed by atoms with E-state index in [1.54, 1.807) is 18.7 Å². The Labute approximate surface area is 178 Å². The van der Waals surface area contributed by atoms with Crippen molar-refractivity contribution in [1.82, 2.24) is 23.3 Å². The van der Waals surface area contributed by atoms with Crippen molar-refractivity contribution >= 4 is 49.6 Å². The molecule has 4 aromatic rings. The van der Waals surface area contributed by atoms with Gasteiger partial charge in [-0.15, -0.1) is 10.2 Å². The fourth-order valence-corrected chi connectivity index (χ4v) is 3.90. The summed E-state index contributed by atoms with van der Waals surface area (Å²) in [4.78, 5) is 29.0. The first-order valence-electron chi connectivity index (χ1n) is 9.31. The predicted molar refractivity (Wildman–Crippen MR) is 117 cm³/mol. The number of hydrogen-bond acceptors (Lipinski definition) is 6. The number of azo groups is 1. The molecule has 4 rings (SSSR count). The second-order valence-corrected chi connectivity index (χ2v) is 7.95. The molecule has 11 heteroatoms. The molecule has 0 fully saturated rings. The summed E-state index contributed by atoms with van der Waals surface area (Å²) in [5.74, 6) is 0.157. The molecule has 1 N–H and O–H groups in total. The van der Waals surface area contributed by atoms with Crippen LogP contribution in [-0.2, 0) is 27.7 Å². The third-order valence-electron chi connectivity index (χ3n) is 5.11. The molecule has 0 spiro atoms. The van der Waals surface area contributed by atoms with E-state index in [0.29, 0.717) is 12.2 Å². The fraction of sp³-hybridized carbons (Fsp3) is 0.316. The highest BCUT2D eigenvalue weighted by Gasteiger charge is 2.19. The van der Waals surface area contributed by atoms with Crippen LogP contribution >= 0.6 is 15.9 Å². The number of aromatic hydroxyl groups is 1. The smallest absolute Gasteiger partial charge is 0.332 e. The van der Waals surface area contributed by atoms with Crippen molar-refractivity contribution in [3.8, 4) is 5.88 Å². The average Bonchev–Trinajstić information content (AvgIpc) is 3.18. The summed E-state index contributed by atoms with van der Waals surface area (Å²) in [6.45, 7) is 2.65. The van der Waals surface area contributed by atoms with Gasteiger partial charge in [0.15, 0.2) is 16.9 Å². The van der Waals surface area contributed by atoms with Crippen LogP contribution in [0.2, 0.25) is 0 Å². The van der Waals surface area contributed by atoms with Crippen LogP contribution in [0.1, 0.15) is 13.3 Å². The third kappa shape index (κ3) is 2.88. The molecule has 0 aliphatic carbocycles. The van der Waals surface area contributed by atoms with Crippen molar-refractivity contribution in [2.75, 3.05) is 0 Å². The molecule has 10 nitrogen and oxygen atoms in total. The minimum atomic E-state index is -0.473. The molecule has 156 valence electrons. The van der Waals surface area contributed by atoms with Gasteiger partial charge in [0.1, 0.15) is 0 Å². The van der Waals surface area contributed by atoms with E-state index in [4.69, 9.17) is 0 Å². The predicted octanol–water partition coefficient (Wildman–Crippen LogP) is 3.22. The number of rotatable bonds is 4. The van der Waals surface area contributed by atoms with E-state index in [-0.39, 0.29) is 23.0 Å². The Balaban J connectivity index is 1.92. The van der Waals surface area contributed by atoms with Gasteiger partial charge < -0.3 is 14.2 Å². The van der Waals surface area contributed by atoms with Gasteiger partial charge in [0.05, 0.1) is 5.52 Å². The van der Waals surface area contributed by atoms with E-state index < -0.39 is 11.2 Å². The lowest BCUT2D eigenvalue weighted by Crippen LogP contribution is -2.37. The molecule has 0 aliphatic heterocycles. The summed E-state index contributed by atoms with van der Waals surface area (Å²) >= 11 is 3.45. The van der Waals surface area contributed by atoms with Crippen molar-refractivity contribution in [1.29, 1.82) is 0 Å². The van der Waals surface area contributed by atoms with Crippen LogP contribution in [0.4, 0.5) is 11.6 Å². The topological polar surface area (TPSA) is 112 Å². The van der Waals surface area contributed by atoms with Crippen LogP contribution in [0.15, 0.2) is 42.5 Å². The molecule has 0 aliphatic rings. The van der Waals surface area contributed by atoms with E-state index in [1.165, 1.54) is 16.2 Å². The molecule has 3 aromatic heterocycles. The van der Waals surface area contributed by atoms with E-state index in [9.17, 15) is 14.7 Å². The molecule has 0 saturated heterocycles. The second kappa shape index (κ2) is 7.24. The molecule has 0 bridgehead atoms. The van der Waals surface area contributed by atoms with Crippen molar-refractivity contribution in [2.24, 2.45) is 31.4 Å². The quantitative estimate of drug-likeness (QED) is 0.458. The highest BCUT2D eigenvalue weighted by Crippen LogP contribution is 2.40. The maximum atomic E-state index is 12.5. The zero-order valence-electron chi connectivity index (χ0n) is 16.9. The SMILES string of the molecule is CCCn1c(O)c(N=Nc2nc3c(c(=O)n(C)c(=O)n3C)n2C)c2cc(Br)ccc21. The summed E-state index contributed by atoms with van der Waals surface area (Å²) in [7, 11) is 4.59. The minimum absolute atomic E-state index is 0.00998. The number of halogens is 1. The fourth-order valence-electron chi connectivity index (χ4n) is 3.54. The average molecular weight is 474 g/mol. The Morgan fingerprint density at radius 1 is 1.10 bits per heavy atom. The molecule has 0 radical (unpaired) electrons. The van der Waals surface area contributed by atoms with Gasteiger partial charge in [0, 0.05) is 37.5 Å². The first-order valence-corrected chi connectivity index (χ1v) is 10.1. The molecule has 30 heavy (non-hydrogen) atoms. The van der Waals surface area contributed by atoms with Gasteiger partial charge >= 0.3 is 5.69 Å². The van der Waals surface area contributed by atoms with Gasteiger partial charge in [-0.05, 0) is 24.6 Å². The monoisotopic (exact) mass is 473 g/mol. The largest absolute Gasteiger partial charge is 0.493 e. The summed E-state index contributed by atoms with van der Waals surface area (Å²) < 4.78 is 6.43. The molecule has 0 atom stereocenters. The lowest BCUT2D eigenvalue weighted by Gasteiger charge is -2.03. The summed E-state index contributed by atoms with van der Waals surface area (Å²) in [5, 5.41) is 19.9. The molecule has 3 heterocycles. The van der Waals surface area contributed by atoms with Gasteiger partial charge in [0.25, 0.3) is 11.5 Å². The van der Waals surface area contributed by atoms with E-state index in [1.807, 2.05) is 25.1 Å². The standard InChI is InChI=1S/C19H20BrN7O3/c1-5-8-27-12-7-6-10(20)9-11(12)13(16(27)28)22-23-18-21-15-14(24(18)2)17(29)26(4)19(30)25(15)3/h6-7,9,28H,5,8H2,1-4H3. The minimum Gasteiger partial charge on any atom is -0.493 e. The number of aromatic nitrogens is 5. The Bertz CT molecular complexity index is 1460. The molecular weight excluding hydrogens is 454 g/mol. The lowest BCUT2D eigenvalue weighted by atomic mass is 10.2. The highest BCUT2D eigenvalue weighted by molar-refractivity contribution is 9.10. The second-order valence-electron chi connectivity index (χ2n) is 7.03. The van der Waals surface area contributed by atoms with Crippen LogP contribution in [-0.4, -0.2) is 28.4 Å². The zero-order valence-corrected chi connectivity index (χ0v) is 18.5. The molecular formula is C19H20BrN7O3. The first-order chi connectivity index (χ1) is 14.3. The van der Waals surface area contributed by atoms with Crippen LogP contribution in [0.25, 0.3) is 22.1 Å². The highest BCUT2D eigenvalue weighted by atomic mass is 79.9. The normalized spacial score (nSPS) is 12.0. The molecule has 0 unspecified atom stereocenters. The molecule has 0 amide bonds. The number of fused-ring (bicyclic) bond motifs is 2. The summed E-state index contributed by atoms with van der Waals surface area (Å²) in [6.07, 6.45) is 0.839. The maximum absolute atomic E-state index is 12.5. The van der Waals surface area contributed by atoms with Gasteiger partial charge in [-0.25, -0.2) is 4.79 Å². The summed E-state index contributed by atoms with van der Waals surface area (Å²) in [5.41, 5.74) is 0.685. The van der Waals surface area contributed by atoms with Gasteiger partial charge in [0.2, 0.25) is 5.88 Å².